The molecule has 0 unspecified atom stereocenters. The molecule has 1 aliphatic carbocycles. The van der Waals surface area contributed by atoms with Gasteiger partial charge in [-0.15, -0.1) is 0 Å². The van der Waals surface area contributed by atoms with Crippen LogP contribution in [0, 0.1) is 0 Å². The summed E-state index contributed by atoms with van der Waals surface area (Å²) in [5, 5.41) is -0.831. The summed E-state index contributed by atoms with van der Waals surface area (Å²) in [4.78, 5) is 3.49. The minimum atomic E-state index is -4.62. The number of aromatic nitrogens is 2. The van der Waals surface area contributed by atoms with Gasteiger partial charge in [0.25, 0.3) is 10.0 Å². The second-order valence-electron chi connectivity index (χ2n) is 4.14. The number of rotatable bonds is 3. The molecule has 1 aromatic heterocycles. The zero-order chi connectivity index (χ0) is 13.8. The highest BCUT2D eigenvalue weighted by Crippen LogP contribution is 2.49. The maximum Gasteiger partial charge on any atom is 0.407 e. The summed E-state index contributed by atoms with van der Waals surface area (Å²) < 4.78 is 64.4. The first-order valence-corrected chi connectivity index (χ1v) is 6.73. The van der Waals surface area contributed by atoms with Crippen LogP contribution in [0.1, 0.15) is 12.8 Å². The summed E-state index contributed by atoms with van der Waals surface area (Å²) in [6.45, 7) is 0. The van der Waals surface area contributed by atoms with E-state index in [-0.39, 0.29) is 18.0 Å². The van der Waals surface area contributed by atoms with Crippen LogP contribution in [0.2, 0.25) is 5.15 Å². The number of hydrogen-bond donors (Lipinski definition) is 1. The smallest absolute Gasteiger partial charge is 0.324 e. The number of hydrogen-bond acceptors (Lipinski definition) is 3. The molecule has 1 heterocycles. The topological polar surface area (TPSA) is 64.0 Å². The van der Waals surface area contributed by atoms with E-state index < -0.39 is 26.8 Å². The van der Waals surface area contributed by atoms with Crippen molar-refractivity contribution in [3.8, 4) is 0 Å². The fourth-order valence-corrected chi connectivity index (χ4v) is 3.33. The molecule has 0 atom stereocenters. The van der Waals surface area contributed by atoms with Crippen LogP contribution >= 0.6 is 11.6 Å². The Morgan fingerprint density at radius 1 is 1.50 bits per heavy atom. The van der Waals surface area contributed by atoms with Gasteiger partial charge in [-0.1, -0.05) is 11.6 Å². The number of alkyl halides is 3. The van der Waals surface area contributed by atoms with Crippen molar-refractivity contribution in [3.63, 3.8) is 0 Å². The molecule has 2 rings (SSSR count). The van der Waals surface area contributed by atoms with Gasteiger partial charge in [0.1, 0.15) is 10.7 Å². The van der Waals surface area contributed by atoms with Gasteiger partial charge in [-0.25, -0.2) is 13.4 Å². The zero-order valence-corrected chi connectivity index (χ0v) is 10.7. The quantitative estimate of drug-likeness (QED) is 0.919. The third-order valence-corrected chi connectivity index (χ3v) is 4.74. The number of aryl methyl sites for hydroxylation is 1. The van der Waals surface area contributed by atoms with Crippen LogP contribution in [0.15, 0.2) is 11.4 Å². The molecule has 0 amide bonds. The molecule has 0 aromatic carbocycles. The molecule has 1 saturated carbocycles. The Kier molecular flexibility index (Phi) is 2.91. The van der Waals surface area contributed by atoms with Crippen LogP contribution in [0.4, 0.5) is 13.2 Å². The first kappa shape index (κ1) is 13.6. The molecule has 0 saturated heterocycles. The summed E-state index contributed by atoms with van der Waals surface area (Å²) in [5.74, 6) is 0. The lowest BCUT2D eigenvalue weighted by Crippen LogP contribution is -2.47. The molecule has 1 N–H and O–H groups in total. The first-order chi connectivity index (χ1) is 8.09. The number of nitrogens with one attached hydrogen (secondary N) is 1. The number of sulfonamides is 1. The highest BCUT2D eigenvalue weighted by atomic mass is 35.5. The van der Waals surface area contributed by atoms with E-state index in [0.717, 1.165) is 6.33 Å². The molecule has 18 heavy (non-hydrogen) atoms. The average Bonchev–Trinajstić information content (AvgIpc) is 2.89. The summed E-state index contributed by atoms with van der Waals surface area (Å²) in [6, 6.07) is 0. The first-order valence-electron chi connectivity index (χ1n) is 4.87. The number of imidazole rings is 1. The van der Waals surface area contributed by atoms with Gasteiger partial charge in [-0.2, -0.15) is 17.9 Å². The zero-order valence-electron chi connectivity index (χ0n) is 9.12. The van der Waals surface area contributed by atoms with Crippen LogP contribution in [-0.2, 0) is 17.1 Å². The largest absolute Gasteiger partial charge is 0.407 e. The van der Waals surface area contributed by atoms with Crippen LogP contribution < -0.4 is 4.72 Å². The highest BCUT2D eigenvalue weighted by molar-refractivity contribution is 7.89. The molecule has 0 aliphatic heterocycles. The Labute approximate surface area is 106 Å². The molecule has 10 heteroatoms. The van der Waals surface area contributed by atoms with Crippen molar-refractivity contribution in [3.05, 3.63) is 11.5 Å². The molecular formula is C8H9ClF3N3O2S. The van der Waals surface area contributed by atoms with Gasteiger partial charge in [0.2, 0.25) is 5.03 Å². The van der Waals surface area contributed by atoms with E-state index in [1.165, 1.54) is 11.6 Å². The van der Waals surface area contributed by atoms with Crippen molar-refractivity contribution < 1.29 is 21.6 Å². The van der Waals surface area contributed by atoms with E-state index >= 15 is 0 Å². The lowest BCUT2D eigenvalue weighted by atomic mass is 10.3. The van der Waals surface area contributed by atoms with Crippen molar-refractivity contribution in [2.75, 3.05) is 0 Å². The van der Waals surface area contributed by atoms with E-state index in [0.29, 0.717) is 0 Å². The molecule has 1 aromatic rings. The third kappa shape index (κ3) is 2.10. The Morgan fingerprint density at radius 3 is 2.39 bits per heavy atom. The Balaban J connectivity index is 2.32. The predicted molar refractivity (Wildman–Crippen MR) is 56.6 cm³/mol. The van der Waals surface area contributed by atoms with Crippen LogP contribution in [0.25, 0.3) is 0 Å². The molecule has 0 radical (unpaired) electrons. The van der Waals surface area contributed by atoms with Crippen LogP contribution in [-0.4, -0.2) is 29.7 Å². The molecular weight excluding hydrogens is 295 g/mol. The van der Waals surface area contributed by atoms with E-state index in [1.807, 2.05) is 0 Å². The monoisotopic (exact) mass is 303 g/mol. The van der Waals surface area contributed by atoms with Crippen molar-refractivity contribution in [1.29, 1.82) is 0 Å². The lowest BCUT2D eigenvalue weighted by molar-refractivity contribution is -0.160. The standard InChI is InChI=1S/C8H9ClF3N3O2S/c1-15-4-13-6(5(15)9)18(16,17)14-7(2-3-7)8(10,11)12/h4,14H,2-3H2,1H3. The predicted octanol–water partition coefficient (Wildman–Crippen LogP) is 1.45. The fourth-order valence-electron chi connectivity index (χ4n) is 1.45. The van der Waals surface area contributed by atoms with Gasteiger partial charge in [0.15, 0.2) is 0 Å². The van der Waals surface area contributed by atoms with Crippen molar-refractivity contribution >= 4 is 21.6 Å². The van der Waals surface area contributed by atoms with Crippen molar-refractivity contribution in [2.24, 2.45) is 7.05 Å². The van der Waals surface area contributed by atoms with Crippen LogP contribution in [0.5, 0.6) is 0 Å². The van der Waals surface area contributed by atoms with E-state index in [4.69, 9.17) is 11.6 Å². The van der Waals surface area contributed by atoms with E-state index in [9.17, 15) is 21.6 Å². The molecule has 0 bridgehead atoms. The summed E-state index contributed by atoms with van der Waals surface area (Å²) in [7, 11) is -2.95. The summed E-state index contributed by atoms with van der Waals surface area (Å²) >= 11 is 5.66. The minimum absolute atomic E-state index is 0.236. The second kappa shape index (κ2) is 3.84. The lowest BCUT2D eigenvalue weighted by Gasteiger charge is -2.19. The van der Waals surface area contributed by atoms with E-state index in [2.05, 4.69) is 4.98 Å². The van der Waals surface area contributed by atoms with Gasteiger partial charge < -0.3 is 4.57 Å². The Bertz CT molecular complexity index is 577. The molecule has 1 fully saturated rings. The normalized spacial score (nSPS) is 18.9. The minimum Gasteiger partial charge on any atom is -0.324 e. The summed E-state index contributed by atoms with van der Waals surface area (Å²) in [5.41, 5.74) is -2.37. The summed E-state index contributed by atoms with van der Waals surface area (Å²) in [6.07, 6.45) is -4.06. The SMILES string of the molecule is Cn1cnc(S(=O)(=O)NC2(C(F)(F)F)CC2)c1Cl. The van der Waals surface area contributed by atoms with Gasteiger partial charge in [0, 0.05) is 7.05 Å². The van der Waals surface area contributed by atoms with Gasteiger partial charge in [0.05, 0.1) is 6.33 Å². The Hall–Kier alpha value is -0.800. The molecule has 0 spiro atoms. The number of nitrogens with zero attached hydrogens (tertiary/aromatic N) is 2. The van der Waals surface area contributed by atoms with Crippen molar-refractivity contribution in [2.45, 2.75) is 29.6 Å². The average molecular weight is 304 g/mol. The molecule has 1 aliphatic rings. The van der Waals surface area contributed by atoms with E-state index in [1.54, 1.807) is 4.72 Å². The van der Waals surface area contributed by atoms with Gasteiger partial charge >= 0.3 is 6.18 Å². The van der Waals surface area contributed by atoms with Crippen LogP contribution in [0.3, 0.4) is 0 Å². The maximum absolute atomic E-state index is 12.7. The Morgan fingerprint density at radius 2 is 2.06 bits per heavy atom. The number of halogens is 4. The molecule has 5 nitrogen and oxygen atoms in total. The second-order valence-corrected chi connectivity index (χ2v) is 6.09. The molecule has 102 valence electrons. The van der Waals surface area contributed by atoms with Crippen molar-refractivity contribution in [1.82, 2.24) is 14.3 Å². The highest BCUT2D eigenvalue weighted by Gasteiger charge is 2.65. The fraction of sp³-hybridized carbons (Fsp3) is 0.625. The van der Waals surface area contributed by atoms with Gasteiger partial charge in [-0.3, -0.25) is 0 Å². The van der Waals surface area contributed by atoms with Gasteiger partial charge in [-0.05, 0) is 12.8 Å². The third-order valence-electron chi connectivity index (χ3n) is 2.71. The maximum atomic E-state index is 12.7.